The fourth-order valence-electron chi connectivity index (χ4n) is 2.60. The summed E-state index contributed by atoms with van der Waals surface area (Å²) in [5.41, 5.74) is 5.62. The molecule has 2 bridgehead atoms. The maximum absolute atomic E-state index is 10.7. The Morgan fingerprint density at radius 3 is 2.29 bits per heavy atom. The lowest BCUT2D eigenvalue weighted by Crippen LogP contribution is -2.47. The number of nitrogens with two attached hydrogens (primary N) is 1. The van der Waals surface area contributed by atoms with Crippen LogP contribution in [0.1, 0.15) is 25.7 Å². The van der Waals surface area contributed by atoms with Gasteiger partial charge in [0.25, 0.3) is 0 Å². The van der Waals surface area contributed by atoms with E-state index in [0.717, 1.165) is 12.8 Å². The van der Waals surface area contributed by atoms with Gasteiger partial charge in [-0.2, -0.15) is 0 Å². The molecule has 0 aromatic carbocycles. The molecule has 0 aromatic heterocycles. The van der Waals surface area contributed by atoms with Crippen LogP contribution in [0.4, 0.5) is 0 Å². The Labute approximate surface area is 89.6 Å². The van der Waals surface area contributed by atoms with Crippen molar-refractivity contribution in [1.29, 1.82) is 0 Å². The van der Waals surface area contributed by atoms with Crippen molar-refractivity contribution in [3.05, 3.63) is 0 Å². The van der Waals surface area contributed by atoms with Crippen LogP contribution < -0.4 is 11.1 Å². The van der Waals surface area contributed by atoms with E-state index >= 15 is 0 Å². The Kier molecular flexibility index (Phi) is 3.75. The number of piperidine rings is 1. The van der Waals surface area contributed by atoms with Crippen LogP contribution in [-0.2, 0) is 4.79 Å². The highest BCUT2D eigenvalue weighted by molar-refractivity contribution is 5.85. The van der Waals surface area contributed by atoms with Gasteiger partial charge in [0, 0.05) is 12.1 Å². The summed E-state index contributed by atoms with van der Waals surface area (Å²) in [4.78, 5) is 10.7. The molecule has 2 aliphatic rings. The molecular formula is C9H17ClN2O2. The van der Waals surface area contributed by atoms with Gasteiger partial charge in [0.2, 0.25) is 0 Å². The molecule has 4 N–H and O–H groups in total. The standard InChI is InChI=1S/C9H16N2O2.ClH/c10-8(9(12)13)5-3-6-1-2-7(4-5)11-6;/h5-8,11H,1-4,10H2,(H,12,13);1H/t5?,6?,7?,8-;/m0./s1. The van der Waals surface area contributed by atoms with E-state index in [0.29, 0.717) is 12.1 Å². The number of hydrogen-bond acceptors (Lipinski definition) is 3. The first-order valence-corrected chi connectivity index (χ1v) is 4.91. The SMILES string of the molecule is Cl.N[C@H](C(=O)O)C1CC2CCC(C1)N2. The maximum Gasteiger partial charge on any atom is 0.320 e. The van der Waals surface area contributed by atoms with Gasteiger partial charge in [-0.3, -0.25) is 4.79 Å². The van der Waals surface area contributed by atoms with Crippen LogP contribution in [0.2, 0.25) is 0 Å². The normalized spacial score (nSPS) is 37.4. The molecule has 2 fully saturated rings. The zero-order valence-electron chi connectivity index (χ0n) is 7.98. The number of halogens is 1. The highest BCUT2D eigenvalue weighted by atomic mass is 35.5. The molecule has 2 aliphatic heterocycles. The Balaban J connectivity index is 0.000000980. The lowest BCUT2D eigenvalue weighted by molar-refractivity contribution is -0.140. The Morgan fingerprint density at radius 1 is 1.36 bits per heavy atom. The Bertz CT molecular complexity index is 213. The fourth-order valence-corrected chi connectivity index (χ4v) is 2.60. The molecule has 0 spiro atoms. The Hall–Kier alpha value is -0.320. The van der Waals surface area contributed by atoms with Gasteiger partial charge in [0.15, 0.2) is 0 Å². The van der Waals surface area contributed by atoms with E-state index in [1.54, 1.807) is 0 Å². The summed E-state index contributed by atoms with van der Waals surface area (Å²) in [5, 5.41) is 12.2. The van der Waals surface area contributed by atoms with Crippen molar-refractivity contribution in [2.75, 3.05) is 0 Å². The molecule has 2 rings (SSSR count). The molecule has 82 valence electrons. The molecule has 2 saturated heterocycles. The first kappa shape index (κ1) is 11.8. The molecule has 2 heterocycles. The third-order valence-electron chi connectivity index (χ3n) is 3.30. The van der Waals surface area contributed by atoms with Crippen molar-refractivity contribution in [3.63, 3.8) is 0 Å². The molecule has 4 nitrogen and oxygen atoms in total. The highest BCUT2D eigenvalue weighted by Gasteiger charge is 2.37. The first-order valence-electron chi connectivity index (χ1n) is 4.91. The summed E-state index contributed by atoms with van der Waals surface area (Å²) in [6.45, 7) is 0. The van der Waals surface area contributed by atoms with Crippen LogP contribution in [0.5, 0.6) is 0 Å². The van der Waals surface area contributed by atoms with Gasteiger partial charge >= 0.3 is 5.97 Å². The quantitative estimate of drug-likeness (QED) is 0.628. The lowest BCUT2D eigenvalue weighted by atomic mass is 9.86. The van der Waals surface area contributed by atoms with Crippen LogP contribution in [0.25, 0.3) is 0 Å². The van der Waals surface area contributed by atoms with Crippen LogP contribution in [0.15, 0.2) is 0 Å². The molecular weight excluding hydrogens is 204 g/mol. The molecule has 0 aromatic rings. The van der Waals surface area contributed by atoms with Gasteiger partial charge in [-0.05, 0) is 31.6 Å². The van der Waals surface area contributed by atoms with E-state index in [2.05, 4.69) is 5.32 Å². The number of fused-ring (bicyclic) bond motifs is 2. The third-order valence-corrected chi connectivity index (χ3v) is 3.30. The van der Waals surface area contributed by atoms with E-state index in [-0.39, 0.29) is 18.3 Å². The second-order valence-electron chi connectivity index (χ2n) is 4.23. The summed E-state index contributed by atoms with van der Waals surface area (Å²) in [5.74, 6) is -0.678. The molecule has 2 unspecified atom stereocenters. The van der Waals surface area contributed by atoms with Crippen molar-refractivity contribution in [3.8, 4) is 0 Å². The molecule has 0 aliphatic carbocycles. The van der Waals surface area contributed by atoms with Crippen molar-refractivity contribution < 1.29 is 9.90 Å². The van der Waals surface area contributed by atoms with Gasteiger partial charge in [-0.25, -0.2) is 0 Å². The minimum absolute atomic E-state index is 0. The third kappa shape index (κ3) is 2.19. The summed E-state index contributed by atoms with van der Waals surface area (Å²) in [7, 11) is 0. The molecule has 0 radical (unpaired) electrons. The van der Waals surface area contributed by atoms with E-state index in [4.69, 9.17) is 10.8 Å². The monoisotopic (exact) mass is 220 g/mol. The average molecular weight is 221 g/mol. The van der Waals surface area contributed by atoms with Crippen molar-refractivity contribution in [1.82, 2.24) is 5.32 Å². The van der Waals surface area contributed by atoms with E-state index in [9.17, 15) is 4.79 Å². The number of carboxylic acids is 1. The van der Waals surface area contributed by atoms with Gasteiger partial charge in [-0.1, -0.05) is 0 Å². The summed E-state index contributed by atoms with van der Waals surface area (Å²) in [6.07, 6.45) is 4.24. The second kappa shape index (κ2) is 4.47. The van der Waals surface area contributed by atoms with Crippen LogP contribution in [-0.4, -0.2) is 29.2 Å². The summed E-state index contributed by atoms with van der Waals surface area (Å²) in [6, 6.07) is 0.383. The number of hydrogen-bond donors (Lipinski definition) is 3. The molecule has 5 heteroatoms. The first-order chi connectivity index (χ1) is 6.16. The highest BCUT2D eigenvalue weighted by Crippen LogP contribution is 2.32. The zero-order valence-corrected chi connectivity index (χ0v) is 8.80. The zero-order chi connectivity index (χ0) is 9.42. The van der Waals surface area contributed by atoms with Crippen LogP contribution in [0, 0.1) is 5.92 Å². The minimum atomic E-state index is -0.855. The van der Waals surface area contributed by atoms with Crippen molar-refractivity contribution in [2.45, 2.75) is 43.8 Å². The topological polar surface area (TPSA) is 75.4 Å². The van der Waals surface area contributed by atoms with Gasteiger partial charge < -0.3 is 16.2 Å². The van der Waals surface area contributed by atoms with E-state index in [1.165, 1.54) is 12.8 Å². The molecule has 0 amide bonds. The molecule has 3 atom stereocenters. The largest absolute Gasteiger partial charge is 0.480 e. The predicted octanol–water partition coefficient (Wildman–Crippen LogP) is 0.351. The van der Waals surface area contributed by atoms with Crippen LogP contribution in [0.3, 0.4) is 0 Å². The summed E-state index contributed by atoms with van der Waals surface area (Å²) < 4.78 is 0. The van der Waals surface area contributed by atoms with Gasteiger partial charge in [-0.15, -0.1) is 12.4 Å². The number of carboxylic acid groups (broad SMARTS) is 1. The number of nitrogens with one attached hydrogen (secondary N) is 1. The molecule has 14 heavy (non-hydrogen) atoms. The van der Waals surface area contributed by atoms with Gasteiger partial charge in [0.1, 0.15) is 6.04 Å². The average Bonchev–Trinajstić information content (AvgIpc) is 2.44. The summed E-state index contributed by atoms with van der Waals surface area (Å²) >= 11 is 0. The van der Waals surface area contributed by atoms with Crippen molar-refractivity contribution >= 4 is 18.4 Å². The van der Waals surface area contributed by atoms with Crippen LogP contribution >= 0.6 is 12.4 Å². The van der Waals surface area contributed by atoms with E-state index < -0.39 is 12.0 Å². The number of carbonyl (C=O) groups is 1. The maximum atomic E-state index is 10.7. The fraction of sp³-hybridized carbons (Fsp3) is 0.889. The lowest BCUT2D eigenvalue weighted by Gasteiger charge is -2.31. The molecule has 0 saturated carbocycles. The van der Waals surface area contributed by atoms with E-state index in [1.807, 2.05) is 0 Å². The Morgan fingerprint density at radius 2 is 1.86 bits per heavy atom. The van der Waals surface area contributed by atoms with Crippen molar-refractivity contribution in [2.24, 2.45) is 11.7 Å². The number of aliphatic carboxylic acids is 1. The second-order valence-corrected chi connectivity index (χ2v) is 4.23. The van der Waals surface area contributed by atoms with Gasteiger partial charge in [0.05, 0.1) is 0 Å². The smallest absolute Gasteiger partial charge is 0.320 e. The minimum Gasteiger partial charge on any atom is -0.480 e. The predicted molar refractivity (Wildman–Crippen MR) is 55.5 cm³/mol. The number of rotatable bonds is 2.